The number of pyridine rings is 1. The van der Waals surface area contributed by atoms with Crippen LogP contribution in [-0.4, -0.2) is 4.98 Å². The van der Waals surface area contributed by atoms with Crippen molar-refractivity contribution < 1.29 is 4.74 Å². The molecule has 0 amide bonds. The molecule has 0 bridgehead atoms. The van der Waals surface area contributed by atoms with Gasteiger partial charge in [0, 0.05) is 37.7 Å². The van der Waals surface area contributed by atoms with Crippen molar-refractivity contribution in [1.82, 2.24) is 4.98 Å². The first-order valence-corrected chi connectivity index (χ1v) is 14.9. The molecule has 2 aromatic heterocycles. The maximum atomic E-state index is 9.28. The van der Waals surface area contributed by atoms with Gasteiger partial charge in [0.05, 0.1) is 5.69 Å². The maximum absolute atomic E-state index is 9.28. The Labute approximate surface area is 256 Å². The highest BCUT2D eigenvalue weighted by molar-refractivity contribution is 7.16. The van der Waals surface area contributed by atoms with E-state index >= 15 is 0 Å². The second-order valence-corrected chi connectivity index (χ2v) is 12.5. The van der Waals surface area contributed by atoms with E-state index in [0.717, 1.165) is 33.3 Å². The smallest absolute Gasteiger partial charge is 0.137 e. The van der Waals surface area contributed by atoms with Crippen LogP contribution in [-0.2, 0) is 10.2 Å². The lowest BCUT2D eigenvalue weighted by Gasteiger charge is -2.27. The first-order valence-electron chi connectivity index (χ1n) is 14.1. The molecule has 43 heavy (non-hydrogen) atoms. The zero-order chi connectivity index (χ0) is 30.3. The van der Waals surface area contributed by atoms with Crippen LogP contribution in [0.4, 0.5) is 17.2 Å². The number of hydrogen-bond acceptors (Lipinski definition) is 6. The van der Waals surface area contributed by atoms with Gasteiger partial charge in [-0.15, -0.1) is 11.3 Å². The standard InChI is InChI=1S/C37H30N4OS/c1-23-6-10-28(11-7-23)41(29-12-8-24(2)9-13-29)34-17-16-32-35-33(37(4,5)36(32)40-34)20-31(43-35)15-14-30-19-26(18-25(3)42-30)27(21-38)22-39/h6-20H,1-5H3/b15-14+. The van der Waals surface area contributed by atoms with Crippen LogP contribution >= 0.6 is 11.3 Å². The lowest BCUT2D eigenvalue weighted by Crippen LogP contribution is -2.19. The van der Waals surface area contributed by atoms with Crippen molar-refractivity contribution >= 4 is 34.6 Å². The van der Waals surface area contributed by atoms with E-state index in [4.69, 9.17) is 9.72 Å². The van der Waals surface area contributed by atoms with Crippen LogP contribution in [0.5, 0.6) is 0 Å². The fourth-order valence-electron chi connectivity index (χ4n) is 5.52. The Morgan fingerprint density at radius 1 is 0.860 bits per heavy atom. The summed E-state index contributed by atoms with van der Waals surface area (Å²) in [6.07, 6.45) is 7.35. The zero-order valence-corrected chi connectivity index (χ0v) is 25.6. The van der Waals surface area contributed by atoms with E-state index in [0.29, 0.717) is 17.1 Å². The Balaban J connectivity index is 1.36. The highest BCUT2D eigenvalue weighted by Crippen LogP contribution is 2.52. The van der Waals surface area contributed by atoms with Crippen molar-refractivity contribution in [1.29, 1.82) is 10.5 Å². The number of anilines is 3. The molecule has 0 N–H and O–H groups in total. The fraction of sp³-hybridized carbons (Fsp3) is 0.162. The van der Waals surface area contributed by atoms with Gasteiger partial charge in [0.25, 0.3) is 0 Å². The molecule has 0 atom stereocenters. The second-order valence-electron chi connectivity index (χ2n) is 11.4. The van der Waals surface area contributed by atoms with Gasteiger partial charge in [0.2, 0.25) is 0 Å². The summed E-state index contributed by atoms with van der Waals surface area (Å²) in [5.41, 5.74) is 8.40. The SMILES string of the molecule is CC1=CC(=C(C#N)C#N)C=C(/C=C/c2cc3c(s2)-c2ccc(N(c4ccc(C)cc4)c4ccc(C)cc4)nc2C3(C)C)O1. The number of aromatic nitrogens is 1. The molecule has 0 saturated carbocycles. The minimum absolute atomic E-state index is 0.0668. The van der Waals surface area contributed by atoms with Gasteiger partial charge in [-0.25, -0.2) is 4.98 Å². The summed E-state index contributed by atoms with van der Waals surface area (Å²) in [5, 5.41) is 18.6. The maximum Gasteiger partial charge on any atom is 0.137 e. The first-order chi connectivity index (χ1) is 20.7. The number of rotatable bonds is 5. The van der Waals surface area contributed by atoms with Crippen LogP contribution in [0.2, 0.25) is 0 Å². The molecule has 3 heterocycles. The van der Waals surface area contributed by atoms with E-state index in [-0.39, 0.29) is 11.0 Å². The number of hydrogen-bond donors (Lipinski definition) is 0. The van der Waals surface area contributed by atoms with Crippen molar-refractivity contribution in [2.75, 3.05) is 4.90 Å². The van der Waals surface area contributed by atoms with Crippen LogP contribution in [0, 0.1) is 36.5 Å². The van der Waals surface area contributed by atoms with Gasteiger partial charge in [-0.1, -0.05) is 49.2 Å². The minimum Gasteiger partial charge on any atom is -0.462 e. The third-order valence-electron chi connectivity index (χ3n) is 7.81. The molecule has 6 rings (SSSR count). The van der Waals surface area contributed by atoms with Crippen molar-refractivity contribution in [2.45, 2.75) is 40.0 Å². The molecule has 210 valence electrons. The number of ether oxygens (including phenoxy) is 1. The lowest BCUT2D eigenvalue weighted by molar-refractivity contribution is 0.318. The summed E-state index contributed by atoms with van der Waals surface area (Å²) >= 11 is 1.73. The minimum atomic E-state index is -0.278. The number of nitriles is 2. The molecule has 5 nitrogen and oxygen atoms in total. The molecule has 4 aromatic rings. The van der Waals surface area contributed by atoms with Crippen molar-refractivity contribution in [2.24, 2.45) is 0 Å². The highest BCUT2D eigenvalue weighted by atomic mass is 32.1. The van der Waals surface area contributed by atoms with E-state index in [1.54, 1.807) is 23.5 Å². The quantitative estimate of drug-likeness (QED) is 0.220. The van der Waals surface area contributed by atoms with Crippen LogP contribution in [0.3, 0.4) is 0 Å². The fourth-order valence-corrected chi connectivity index (χ4v) is 6.77. The molecule has 0 unspecified atom stereocenters. The first kappa shape index (κ1) is 28.0. The van der Waals surface area contributed by atoms with E-state index < -0.39 is 0 Å². The van der Waals surface area contributed by atoms with Gasteiger partial charge < -0.3 is 4.74 Å². The topological polar surface area (TPSA) is 72.9 Å². The molecule has 0 saturated heterocycles. The Morgan fingerprint density at radius 3 is 2.09 bits per heavy atom. The summed E-state index contributed by atoms with van der Waals surface area (Å²) in [6, 6.07) is 27.6. The average Bonchev–Trinajstić information content (AvgIpc) is 3.51. The Bertz CT molecular complexity index is 1900. The van der Waals surface area contributed by atoms with Crippen LogP contribution in [0.15, 0.2) is 108 Å². The lowest BCUT2D eigenvalue weighted by atomic mass is 9.86. The Hall–Kier alpha value is -5.17. The largest absolute Gasteiger partial charge is 0.462 e. The third kappa shape index (κ3) is 5.18. The number of nitrogens with zero attached hydrogens (tertiary/aromatic N) is 4. The number of aryl methyl sites for hydroxylation is 2. The number of benzene rings is 2. The van der Waals surface area contributed by atoms with Crippen molar-refractivity contribution in [3.8, 4) is 22.6 Å². The molecule has 2 aliphatic rings. The Kier molecular flexibility index (Phi) is 7.10. The van der Waals surface area contributed by atoms with E-state index in [9.17, 15) is 10.5 Å². The number of thiophene rings is 1. The summed E-state index contributed by atoms with van der Waals surface area (Å²) in [7, 11) is 0. The molecular formula is C37H30N4OS. The molecule has 6 heteroatoms. The van der Waals surface area contributed by atoms with Gasteiger partial charge in [-0.2, -0.15) is 10.5 Å². The number of allylic oxidation sites excluding steroid dienone is 6. The average molecular weight is 579 g/mol. The molecule has 0 radical (unpaired) electrons. The predicted molar refractivity (Wildman–Crippen MR) is 174 cm³/mol. The number of fused-ring (bicyclic) bond motifs is 3. The predicted octanol–water partition coefficient (Wildman–Crippen LogP) is 9.71. The summed E-state index contributed by atoms with van der Waals surface area (Å²) in [6.45, 7) is 10.5. The van der Waals surface area contributed by atoms with Gasteiger partial charge in [0.1, 0.15) is 35.0 Å². The van der Waals surface area contributed by atoms with Crippen molar-refractivity contribution in [3.05, 3.63) is 135 Å². The van der Waals surface area contributed by atoms with E-state index in [1.807, 2.05) is 31.2 Å². The van der Waals surface area contributed by atoms with Gasteiger partial charge in [-0.3, -0.25) is 4.90 Å². The molecular weight excluding hydrogens is 549 g/mol. The van der Waals surface area contributed by atoms with Crippen LogP contribution < -0.4 is 4.90 Å². The Morgan fingerprint density at radius 2 is 1.49 bits per heavy atom. The van der Waals surface area contributed by atoms with E-state index in [1.165, 1.54) is 21.6 Å². The highest BCUT2D eigenvalue weighted by Gasteiger charge is 2.39. The summed E-state index contributed by atoms with van der Waals surface area (Å²) in [5.74, 6) is 2.11. The van der Waals surface area contributed by atoms with Gasteiger partial charge in [0.15, 0.2) is 0 Å². The van der Waals surface area contributed by atoms with Crippen LogP contribution in [0.1, 0.15) is 48.0 Å². The van der Waals surface area contributed by atoms with Crippen molar-refractivity contribution in [3.63, 3.8) is 0 Å². The van der Waals surface area contributed by atoms with Gasteiger partial charge >= 0.3 is 0 Å². The summed E-state index contributed by atoms with van der Waals surface area (Å²) < 4.78 is 5.85. The third-order valence-corrected chi connectivity index (χ3v) is 8.95. The van der Waals surface area contributed by atoms with Crippen LogP contribution in [0.25, 0.3) is 16.5 Å². The second kappa shape index (κ2) is 10.9. The molecule has 1 aliphatic heterocycles. The molecule has 2 aromatic carbocycles. The van der Waals surface area contributed by atoms with E-state index in [2.05, 4.69) is 99.3 Å². The molecule has 1 aliphatic carbocycles. The molecule has 0 fully saturated rings. The normalized spacial score (nSPS) is 14.6. The zero-order valence-electron chi connectivity index (χ0n) is 24.8. The monoisotopic (exact) mass is 578 g/mol. The summed E-state index contributed by atoms with van der Waals surface area (Å²) in [4.78, 5) is 9.85. The molecule has 0 spiro atoms. The van der Waals surface area contributed by atoms with Gasteiger partial charge in [-0.05, 0) is 93.1 Å².